The van der Waals surface area contributed by atoms with E-state index in [1.807, 2.05) is 12.1 Å². The molecule has 1 fully saturated rings. The van der Waals surface area contributed by atoms with Crippen molar-refractivity contribution >= 4 is 17.4 Å². The summed E-state index contributed by atoms with van der Waals surface area (Å²) in [4.78, 5) is 25.5. The number of aromatic nitrogens is 3. The lowest BCUT2D eigenvalue weighted by atomic mass is 9.96. The highest BCUT2D eigenvalue weighted by Crippen LogP contribution is 2.40. The van der Waals surface area contributed by atoms with Crippen LogP contribution in [0.1, 0.15) is 78.3 Å². The molecule has 6 nitrogen and oxygen atoms in total. The van der Waals surface area contributed by atoms with Crippen LogP contribution in [0, 0.1) is 0 Å². The van der Waals surface area contributed by atoms with Crippen molar-refractivity contribution in [2.45, 2.75) is 76.5 Å². The highest BCUT2D eigenvalue weighted by molar-refractivity contribution is 6.31. The van der Waals surface area contributed by atoms with E-state index in [2.05, 4.69) is 34.7 Å². The number of methoxy groups -OCH3 is 2. The fraction of sp³-hybridized carbons (Fsp3) is 0.438. The third-order valence-corrected chi connectivity index (χ3v) is 7.50. The lowest BCUT2D eigenvalue weighted by Gasteiger charge is -2.12. The Balaban J connectivity index is 1.32. The number of carbonyl (C=O) groups excluding carboxylic acids is 1. The van der Waals surface area contributed by atoms with Crippen molar-refractivity contribution in [2.75, 3.05) is 14.2 Å². The van der Waals surface area contributed by atoms with Gasteiger partial charge in [0.2, 0.25) is 5.88 Å². The van der Waals surface area contributed by atoms with Crippen LogP contribution >= 0.6 is 11.6 Å². The second-order valence-electron chi connectivity index (χ2n) is 10.2. The van der Waals surface area contributed by atoms with Gasteiger partial charge in [0, 0.05) is 36.7 Å². The number of allylic oxidation sites excluding steroid dienone is 1. The topological polar surface area (TPSA) is 74.2 Å². The molecule has 1 aromatic carbocycles. The molecule has 0 bridgehead atoms. The number of hydrogen-bond donors (Lipinski definition) is 0. The van der Waals surface area contributed by atoms with Crippen molar-refractivity contribution in [3.05, 3.63) is 88.1 Å². The van der Waals surface area contributed by atoms with Crippen LogP contribution in [-0.2, 0) is 36.9 Å². The summed E-state index contributed by atoms with van der Waals surface area (Å²) in [6, 6.07) is 10.5. The van der Waals surface area contributed by atoms with Gasteiger partial charge in [-0.2, -0.15) is 0 Å². The molecule has 4 rings (SSSR count). The Kier molecular flexibility index (Phi) is 10.5. The first-order chi connectivity index (χ1) is 19.0. The molecular weight excluding hydrogens is 510 g/mol. The minimum atomic E-state index is 0.0807. The number of ketones is 1. The Morgan fingerprint density at radius 1 is 0.974 bits per heavy atom. The van der Waals surface area contributed by atoms with Crippen LogP contribution in [0.5, 0.6) is 11.6 Å². The molecule has 7 heteroatoms. The van der Waals surface area contributed by atoms with E-state index in [1.54, 1.807) is 20.4 Å². The minimum absolute atomic E-state index is 0.0807. The Morgan fingerprint density at radius 2 is 1.77 bits per heavy atom. The molecule has 39 heavy (non-hydrogen) atoms. The predicted molar refractivity (Wildman–Crippen MR) is 155 cm³/mol. The maximum Gasteiger partial charge on any atom is 0.213 e. The summed E-state index contributed by atoms with van der Waals surface area (Å²) in [7, 11) is 3.35. The van der Waals surface area contributed by atoms with E-state index in [1.165, 1.54) is 35.6 Å². The van der Waals surface area contributed by atoms with E-state index < -0.39 is 0 Å². The average Bonchev–Trinajstić information content (AvgIpc) is 3.80. The van der Waals surface area contributed by atoms with Crippen LogP contribution in [0.25, 0.3) is 0 Å². The van der Waals surface area contributed by atoms with Crippen LogP contribution in [-0.4, -0.2) is 35.0 Å². The first-order valence-corrected chi connectivity index (χ1v) is 14.2. The number of ether oxygens (including phenoxy) is 2. The van der Waals surface area contributed by atoms with E-state index >= 15 is 0 Å². The molecule has 0 radical (unpaired) electrons. The van der Waals surface area contributed by atoms with Gasteiger partial charge >= 0.3 is 0 Å². The monoisotopic (exact) mass is 547 g/mol. The Labute approximate surface area is 236 Å². The summed E-state index contributed by atoms with van der Waals surface area (Å²) < 4.78 is 10.8. The van der Waals surface area contributed by atoms with E-state index in [9.17, 15) is 4.79 Å². The number of aryl methyl sites for hydroxylation is 5. The van der Waals surface area contributed by atoms with Crippen LogP contribution < -0.4 is 9.47 Å². The van der Waals surface area contributed by atoms with E-state index in [0.29, 0.717) is 23.2 Å². The first-order valence-electron chi connectivity index (χ1n) is 13.8. The quantitative estimate of drug-likeness (QED) is 0.183. The third kappa shape index (κ3) is 8.62. The summed E-state index contributed by atoms with van der Waals surface area (Å²) in [5.74, 6) is 3.04. The van der Waals surface area contributed by atoms with Crippen molar-refractivity contribution < 1.29 is 14.3 Å². The van der Waals surface area contributed by atoms with Gasteiger partial charge in [0.05, 0.1) is 24.9 Å². The summed E-state index contributed by atoms with van der Waals surface area (Å²) in [5.41, 5.74) is 5.79. The molecule has 0 amide bonds. The summed E-state index contributed by atoms with van der Waals surface area (Å²) >= 11 is 6.47. The molecule has 0 aliphatic heterocycles. The number of benzene rings is 1. The lowest BCUT2D eigenvalue weighted by Crippen LogP contribution is -2.04. The number of pyridine rings is 1. The van der Waals surface area contributed by atoms with Crippen molar-refractivity contribution in [1.29, 1.82) is 0 Å². The van der Waals surface area contributed by atoms with Crippen molar-refractivity contribution in [1.82, 2.24) is 15.0 Å². The molecule has 0 spiro atoms. The maximum atomic E-state index is 11.6. The fourth-order valence-corrected chi connectivity index (χ4v) is 5.00. The number of rotatable bonds is 16. The van der Waals surface area contributed by atoms with Gasteiger partial charge in [0.15, 0.2) is 5.78 Å². The van der Waals surface area contributed by atoms with Crippen molar-refractivity contribution in [3.8, 4) is 11.6 Å². The number of nitrogens with zero attached hydrogens (tertiary/aromatic N) is 3. The molecule has 1 aliphatic rings. The smallest absolute Gasteiger partial charge is 0.213 e. The van der Waals surface area contributed by atoms with E-state index in [4.69, 9.17) is 26.1 Å². The standard InChI is InChI=1S/C32H38ClN3O3/c1-4-26(37)11-6-10-25-20-27(38-2)17-16-23(25)9-7-12-29-28(33)21-34-31(35-29)13-5-8-22-18-30(24-14-15-24)36-32(19-22)39-3/h4,16-21,24H,1,5-15H2,2-3H3. The Hall–Kier alpha value is -3.25. The third-order valence-electron chi connectivity index (χ3n) is 7.19. The van der Waals surface area contributed by atoms with Gasteiger partial charge in [0.25, 0.3) is 0 Å². The molecule has 0 N–H and O–H groups in total. The molecule has 0 saturated heterocycles. The first kappa shape index (κ1) is 28.8. The highest BCUT2D eigenvalue weighted by Gasteiger charge is 2.25. The molecule has 1 aliphatic carbocycles. The normalized spacial score (nSPS) is 12.8. The average molecular weight is 548 g/mol. The zero-order valence-electron chi connectivity index (χ0n) is 23.0. The number of halogens is 1. The van der Waals surface area contributed by atoms with Crippen LogP contribution in [0.4, 0.5) is 0 Å². The highest BCUT2D eigenvalue weighted by atomic mass is 35.5. The molecule has 3 aromatic rings. The van der Waals surface area contributed by atoms with Crippen molar-refractivity contribution in [3.63, 3.8) is 0 Å². The fourth-order valence-electron chi connectivity index (χ4n) is 4.82. The van der Waals surface area contributed by atoms with Crippen LogP contribution in [0.3, 0.4) is 0 Å². The maximum absolute atomic E-state index is 11.6. The van der Waals surface area contributed by atoms with Gasteiger partial charge in [-0.15, -0.1) is 0 Å². The van der Waals surface area contributed by atoms with E-state index in [-0.39, 0.29) is 5.78 Å². The predicted octanol–water partition coefficient (Wildman–Crippen LogP) is 6.85. The van der Waals surface area contributed by atoms with Gasteiger partial charge in [-0.25, -0.2) is 15.0 Å². The lowest BCUT2D eigenvalue weighted by molar-refractivity contribution is -0.114. The second-order valence-corrected chi connectivity index (χ2v) is 10.6. The van der Waals surface area contributed by atoms with E-state index in [0.717, 1.165) is 74.3 Å². The zero-order chi connectivity index (χ0) is 27.6. The molecule has 0 atom stereocenters. The largest absolute Gasteiger partial charge is 0.497 e. The molecule has 0 unspecified atom stereocenters. The summed E-state index contributed by atoms with van der Waals surface area (Å²) in [5, 5.41) is 0.615. The molecule has 2 aromatic heterocycles. The summed E-state index contributed by atoms with van der Waals surface area (Å²) in [6.45, 7) is 3.56. The van der Waals surface area contributed by atoms with Crippen LogP contribution in [0.15, 0.2) is 49.2 Å². The molecular formula is C32H38ClN3O3. The van der Waals surface area contributed by atoms with Gasteiger partial charge in [0.1, 0.15) is 11.6 Å². The van der Waals surface area contributed by atoms with Gasteiger partial charge in [-0.1, -0.05) is 24.2 Å². The molecule has 2 heterocycles. The van der Waals surface area contributed by atoms with Crippen LogP contribution in [0.2, 0.25) is 5.02 Å². The Bertz CT molecular complexity index is 1290. The van der Waals surface area contributed by atoms with Gasteiger partial charge in [-0.05, 0) is 98.8 Å². The Morgan fingerprint density at radius 3 is 2.51 bits per heavy atom. The molecule has 206 valence electrons. The number of hydrogen-bond acceptors (Lipinski definition) is 6. The second kappa shape index (κ2) is 14.2. The molecule has 1 saturated carbocycles. The van der Waals surface area contributed by atoms with Gasteiger partial charge in [-0.3, -0.25) is 4.79 Å². The summed E-state index contributed by atoms with van der Waals surface area (Å²) in [6.07, 6.45) is 13.0. The number of carbonyl (C=O) groups is 1. The zero-order valence-corrected chi connectivity index (χ0v) is 23.8. The van der Waals surface area contributed by atoms with Gasteiger partial charge < -0.3 is 9.47 Å². The SMILES string of the molecule is C=CC(=O)CCCc1cc(OC)ccc1CCCc1nc(CCCc2cc(OC)nc(C3CC3)c2)ncc1Cl. The minimum Gasteiger partial charge on any atom is -0.497 e. The van der Waals surface area contributed by atoms with Crippen molar-refractivity contribution in [2.24, 2.45) is 0 Å².